The van der Waals surface area contributed by atoms with Crippen LogP contribution in [0.3, 0.4) is 0 Å². The summed E-state index contributed by atoms with van der Waals surface area (Å²) in [5, 5.41) is 2.82. The number of alkyl halides is 3. The van der Waals surface area contributed by atoms with Gasteiger partial charge in [-0.3, -0.25) is 14.5 Å². The predicted octanol–water partition coefficient (Wildman–Crippen LogP) is 2.51. The topological polar surface area (TPSA) is 52.7 Å². The third-order valence-corrected chi connectivity index (χ3v) is 5.50. The fraction of sp³-hybridized carbons (Fsp3) is 0.600. The molecule has 1 N–H and O–H groups in total. The van der Waals surface area contributed by atoms with E-state index in [-0.39, 0.29) is 17.7 Å². The first-order chi connectivity index (χ1) is 13.2. The second-order valence-electron chi connectivity index (χ2n) is 7.71. The monoisotopic (exact) mass is 397 g/mol. The summed E-state index contributed by atoms with van der Waals surface area (Å²) in [7, 11) is 0. The van der Waals surface area contributed by atoms with Gasteiger partial charge in [0.1, 0.15) is 0 Å². The number of carbonyl (C=O) groups is 2. The largest absolute Gasteiger partial charge is 0.416 e. The Bertz CT molecular complexity index is 698. The lowest BCUT2D eigenvalue weighted by molar-refractivity contribution is -0.137. The molecule has 2 unspecified atom stereocenters. The highest BCUT2D eigenvalue weighted by atomic mass is 19.4. The van der Waals surface area contributed by atoms with Crippen molar-refractivity contribution in [2.75, 3.05) is 32.7 Å². The Morgan fingerprint density at radius 1 is 1.11 bits per heavy atom. The number of halogens is 3. The first-order valence-electron chi connectivity index (χ1n) is 9.68. The molecule has 0 spiro atoms. The molecule has 1 aliphatic heterocycles. The molecule has 8 heteroatoms. The molecular weight excluding hydrogens is 371 g/mol. The molecule has 154 valence electrons. The Hall–Kier alpha value is -2.09. The van der Waals surface area contributed by atoms with Crippen LogP contribution in [0.15, 0.2) is 24.3 Å². The van der Waals surface area contributed by atoms with Crippen molar-refractivity contribution in [2.45, 2.75) is 32.5 Å². The lowest BCUT2D eigenvalue weighted by atomic mass is 10.1. The van der Waals surface area contributed by atoms with E-state index in [1.165, 1.54) is 12.1 Å². The highest BCUT2D eigenvalue weighted by Crippen LogP contribution is 2.37. The number of rotatable bonds is 6. The summed E-state index contributed by atoms with van der Waals surface area (Å²) < 4.78 is 37.9. The zero-order chi connectivity index (χ0) is 20.3. The van der Waals surface area contributed by atoms with Crippen LogP contribution >= 0.6 is 0 Å². The molecule has 5 nitrogen and oxygen atoms in total. The molecule has 2 atom stereocenters. The second kappa shape index (κ2) is 8.51. The van der Waals surface area contributed by atoms with Gasteiger partial charge in [-0.1, -0.05) is 19.1 Å². The van der Waals surface area contributed by atoms with E-state index in [0.29, 0.717) is 51.6 Å². The van der Waals surface area contributed by atoms with E-state index in [1.807, 2.05) is 6.92 Å². The number of piperazine rings is 1. The minimum absolute atomic E-state index is 0.0262. The van der Waals surface area contributed by atoms with Gasteiger partial charge in [-0.05, 0) is 30.0 Å². The average Bonchev–Trinajstić information content (AvgIpc) is 3.39. The van der Waals surface area contributed by atoms with Crippen LogP contribution in [0.1, 0.15) is 30.9 Å². The molecule has 1 aliphatic carbocycles. The second-order valence-corrected chi connectivity index (χ2v) is 7.71. The van der Waals surface area contributed by atoms with Crippen LogP contribution in [0.5, 0.6) is 0 Å². The SMILES string of the molecule is CC1CC1C(=O)NCCC(=O)N1CCN(Cc2ccc(C(F)(F)F)cc2)CC1. The molecule has 1 aromatic carbocycles. The van der Waals surface area contributed by atoms with Crippen molar-refractivity contribution in [3.8, 4) is 0 Å². The number of hydrogen-bond donors (Lipinski definition) is 1. The van der Waals surface area contributed by atoms with Gasteiger partial charge in [-0.15, -0.1) is 0 Å². The predicted molar refractivity (Wildman–Crippen MR) is 98.2 cm³/mol. The van der Waals surface area contributed by atoms with E-state index >= 15 is 0 Å². The molecule has 1 saturated carbocycles. The molecule has 1 aromatic rings. The Balaban J connectivity index is 1.36. The van der Waals surface area contributed by atoms with E-state index < -0.39 is 11.7 Å². The third-order valence-electron chi connectivity index (χ3n) is 5.50. The Labute approximate surface area is 162 Å². The summed E-state index contributed by atoms with van der Waals surface area (Å²) in [6.45, 7) is 5.51. The highest BCUT2D eigenvalue weighted by Gasteiger charge is 2.38. The number of hydrogen-bond acceptors (Lipinski definition) is 3. The van der Waals surface area contributed by atoms with Crippen LogP contribution in [-0.2, 0) is 22.3 Å². The van der Waals surface area contributed by atoms with Crippen LogP contribution in [0.2, 0.25) is 0 Å². The van der Waals surface area contributed by atoms with Crippen LogP contribution in [0, 0.1) is 11.8 Å². The van der Waals surface area contributed by atoms with E-state index in [2.05, 4.69) is 10.2 Å². The van der Waals surface area contributed by atoms with Crippen molar-refractivity contribution in [1.29, 1.82) is 0 Å². The zero-order valence-corrected chi connectivity index (χ0v) is 16.0. The van der Waals surface area contributed by atoms with Gasteiger partial charge in [0.2, 0.25) is 11.8 Å². The molecule has 1 heterocycles. The van der Waals surface area contributed by atoms with Gasteiger partial charge < -0.3 is 10.2 Å². The standard InChI is InChI=1S/C20H26F3N3O2/c1-14-12-17(14)19(28)24-7-6-18(27)26-10-8-25(9-11-26)13-15-2-4-16(5-3-15)20(21,22)23/h2-5,14,17H,6-13H2,1H3,(H,24,28). The Morgan fingerprint density at radius 2 is 1.71 bits per heavy atom. The maximum atomic E-state index is 12.6. The quantitative estimate of drug-likeness (QED) is 0.803. The van der Waals surface area contributed by atoms with Gasteiger partial charge in [0.05, 0.1) is 5.56 Å². The molecule has 2 amide bonds. The van der Waals surface area contributed by atoms with Crippen molar-refractivity contribution >= 4 is 11.8 Å². The van der Waals surface area contributed by atoms with E-state index in [1.54, 1.807) is 4.90 Å². The molecule has 2 fully saturated rings. The summed E-state index contributed by atoms with van der Waals surface area (Å²) in [5.74, 6) is 0.636. The van der Waals surface area contributed by atoms with E-state index in [9.17, 15) is 22.8 Å². The van der Waals surface area contributed by atoms with Crippen LogP contribution in [0.4, 0.5) is 13.2 Å². The first-order valence-corrected chi connectivity index (χ1v) is 9.68. The lowest BCUT2D eigenvalue weighted by Gasteiger charge is -2.35. The lowest BCUT2D eigenvalue weighted by Crippen LogP contribution is -2.48. The van der Waals surface area contributed by atoms with Gasteiger partial charge in [-0.2, -0.15) is 13.2 Å². The Morgan fingerprint density at radius 3 is 2.25 bits per heavy atom. The van der Waals surface area contributed by atoms with Gasteiger partial charge >= 0.3 is 6.18 Å². The van der Waals surface area contributed by atoms with Crippen molar-refractivity contribution < 1.29 is 22.8 Å². The molecule has 0 radical (unpaired) electrons. The van der Waals surface area contributed by atoms with Gasteiger partial charge in [0.25, 0.3) is 0 Å². The zero-order valence-electron chi connectivity index (χ0n) is 16.0. The summed E-state index contributed by atoms with van der Waals surface area (Å²) in [6.07, 6.45) is -3.09. The van der Waals surface area contributed by atoms with Crippen LogP contribution < -0.4 is 5.32 Å². The van der Waals surface area contributed by atoms with Crippen molar-refractivity contribution in [1.82, 2.24) is 15.1 Å². The average molecular weight is 397 g/mol. The number of benzene rings is 1. The first kappa shape index (κ1) is 20.6. The van der Waals surface area contributed by atoms with E-state index in [0.717, 1.165) is 24.1 Å². The van der Waals surface area contributed by atoms with E-state index in [4.69, 9.17) is 0 Å². The number of amides is 2. The number of nitrogens with one attached hydrogen (secondary N) is 1. The molecule has 0 bridgehead atoms. The minimum Gasteiger partial charge on any atom is -0.355 e. The molecule has 3 rings (SSSR count). The van der Waals surface area contributed by atoms with Gasteiger partial charge in [-0.25, -0.2) is 0 Å². The summed E-state index contributed by atoms with van der Waals surface area (Å²) in [6, 6.07) is 5.21. The Kier molecular flexibility index (Phi) is 6.27. The fourth-order valence-corrected chi connectivity index (χ4v) is 3.48. The fourth-order valence-electron chi connectivity index (χ4n) is 3.48. The molecule has 0 aromatic heterocycles. The maximum Gasteiger partial charge on any atom is 0.416 e. The summed E-state index contributed by atoms with van der Waals surface area (Å²) >= 11 is 0. The summed E-state index contributed by atoms with van der Waals surface area (Å²) in [5.41, 5.74) is 0.180. The molecule has 1 saturated heterocycles. The van der Waals surface area contributed by atoms with Crippen LogP contribution in [-0.4, -0.2) is 54.3 Å². The highest BCUT2D eigenvalue weighted by molar-refractivity contribution is 5.82. The number of carbonyl (C=O) groups excluding carboxylic acids is 2. The van der Waals surface area contributed by atoms with Crippen molar-refractivity contribution in [3.05, 3.63) is 35.4 Å². The van der Waals surface area contributed by atoms with Crippen LogP contribution in [0.25, 0.3) is 0 Å². The molecule has 28 heavy (non-hydrogen) atoms. The van der Waals surface area contributed by atoms with Gasteiger partial charge in [0, 0.05) is 51.6 Å². The van der Waals surface area contributed by atoms with Crippen molar-refractivity contribution in [2.24, 2.45) is 11.8 Å². The smallest absolute Gasteiger partial charge is 0.355 e. The van der Waals surface area contributed by atoms with Crippen molar-refractivity contribution in [3.63, 3.8) is 0 Å². The molecular formula is C20H26F3N3O2. The maximum absolute atomic E-state index is 12.6. The number of nitrogens with zero attached hydrogens (tertiary/aromatic N) is 2. The minimum atomic E-state index is -4.32. The molecule has 2 aliphatic rings. The summed E-state index contributed by atoms with van der Waals surface area (Å²) in [4.78, 5) is 28.0. The van der Waals surface area contributed by atoms with Gasteiger partial charge in [0.15, 0.2) is 0 Å². The normalized spacial score (nSPS) is 22.8. The third kappa shape index (κ3) is 5.47.